The molecule has 2 aromatic rings. The summed E-state index contributed by atoms with van der Waals surface area (Å²) in [5.41, 5.74) is 8.11. The monoisotopic (exact) mass is 460 g/mol. The van der Waals surface area contributed by atoms with Gasteiger partial charge in [-0.05, 0) is 64.3 Å². The fraction of sp³-hybridized carbons (Fsp3) is 0.458. The maximum absolute atomic E-state index is 13.3. The molecule has 0 heterocycles. The SMILES string of the molecule is CCc1c(OC)cccc1C(=O)NN(C(C)c1cc(C)cc(CBr)c1)C(C)(C)C. The lowest BCUT2D eigenvalue weighted by Gasteiger charge is -2.40. The Morgan fingerprint density at radius 2 is 1.93 bits per heavy atom. The van der Waals surface area contributed by atoms with Gasteiger partial charge in [-0.15, -0.1) is 0 Å². The Balaban J connectivity index is 2.40. The van der Waals surface area contributed by atoms with Gasteiger partial charge in [0.05, 0.1) is 13.2 Å². The number of rotatable bonds is 7. The van der Waals surface area contributed by atoms with E-state index in [-0.39, 0.29) is 17.5 Å². The molecular weight excluding hydrogens is 428 g/mol. The molecule has 0 fully saturated rings. The maximum Gasteiger partial charge on any atom is 0.266 e. The topological polar surface area (TPSA) is 41.6 Å². The van der Waals surface area contributed by atoms with Crippen LogP contribution in [0.1, 0.15) is 73.3 Å². The highest BCUT2D eigenvalue weighted by atomic mass is 79.9. The van der Waals surface area contributed by atoms with E-state index in [2.05, 4.69) is 74.2 Å². The van der Waals surface area contributed by atoms with Crippen LogP contribution < -0.4 is 10.2 Å². The Bertz CT molecular complexity index is 858. The van der Waals surface area contributed by atoms with Crippen LogP contribution >= 0.6 is 15.9 Å². The van der Waals surface area contributed by atoms with Gasteiger partial charge in [0.25, 0.3) is 5.91 Å². The summed E-state index contributed by atoms with van der Waals surface area (Å²) in [6.45, 7) is 12.6. The molecule has 1 atom stereocenters. The summed E-state index contributed by atoms with van der Waals surface area (Å²) in [5.74, 6) is 0.632. The minimum absolute atomic E-state index is 0.00679. The normalized spacial score (nSPS) is 12.7. The number of methoxy groups -OCH3 is 1. The van der Waals surface area contributed by atoms with E-state index < -0.39 is 0 Å². The number of halogens is 1. The molecule has 4 nitrogen and oxygen atoms in total. The molecule has 2 rings (SSSR count). The number of aryl methyl sites for hydroxylation is 1. The Morgan fingerprint density at radius 3 is 2.48 bits per heavy atom. The van der Waals surface area contributed by atoms with Gasteiger partial charge < -0.3 is 4.74 Å². The van der Waals surface area contributed by atoms with Crippen LogP contribution in [0.5, 0.6) is 5.75 Å². The van der Waals surface area contributed by atoms with Gasteiger partial charge >= 0.3 is 0 Å². The van der Waals surface area contributed by atoms with Crippen molar-refractivity contribution >= 4 is 21.8 Å². The van der Waals surface area contributed by atoms with Gasteiger partial charge in [-0.3, -0.25) is 10.2 Å². The molecule has 0 aromatic heterocycles. The third-order valence-corrected chi connectivity index (χ3v) is 5.73. The summed E-state index contributed by atoms with van der Waals surface area (Å²) in [5, 5.41) is 2.85. The van der Waals surface area contributed by atoms with Crippen molar-refractivity contribution < 1.29 is 9.53 Å². The van der Waals surface area contributed by atoms with E-state index in [1.165, 1.54) is 16.7 Å². The van der Waals surface area contributed by atoms with Crippen LogP contribution in [0.25, 0.3) is 0 Å². The second kappa shape index (κ2) is 9.77. The molecule has 0 saturated heterocycles. The Morgan fingerprint density at radius 1 is 1.24 bits per heavy atom. The Kier molecular flexibility index (Phi) is 7.89. The van der Waals surface area contributed by atoms with Crippen LogP contribution in [0.2, 0.25) is 0 Å². The third-order valence-electron chi connectivity index (χ3n) is 5.08. The number of hydrogen-bond donors (Lipinski definition) is 1. The molecule has 0 saturated carbocycles. The zero-order valence-electron chi connectivity index (χ0n) is 18.6. The molecule has 0 spiro atoms. The van der Waals surface area contributed by atoms with Crippen molar-refractivity contribution in [2.75, 3.05) is 7.11 Å². The summed E-state index contributed by atoms with van der Waals surface area (Å²) in [7, 11) is 1.64. The minimum Gasteiger partial charge on any atom is -0.496 e. The number of hydrogen-bond acceptors (Lipinski definition) is 3. The summed E-state index contributed by atoms with van der Waals surface area (Å²) in [6.07, 6.45) is 0.727. The highest BCUT2D eigenvalue weighted by Gasteiger charge is 2.30. The first kappa shape index (κ1) is 23.4. The average Bonchev–Trinajstić information content (AvgIpc) is 2.69. The van der Waals surface area contributed by atoms with E-state index in [0.29, 0.717) is 5.56 Å². The number of nitrogens with zero attached hydrogens (tertiary/aromatic N) is 1. The zero-order valence-corrected chi connectivity index (χ0v) is 20.2. The van der Waals surface area contributed by atoms with Crippen LogP contribution in [0, 0.1) is 6.92 Å². The fourth-order valence-electron chi connectivity index (χ4n) is 3.71. The number of hydrazine groups is 1. The fourth-order valence-corrected chi connectivity index (χ4v) is 4.03. The van der Waals surface area contributed by atoms with Crippen molar-refractivity contribution in [3.05, 3.63) is 64.2 Å². The van der Waals surface area contributed by atoms with E-state index in [4.69, 9.17) is 4.74 Å². The average molecular weight is 461 g/mol. The van der Waals surface area contributed by atoms with Crippen LogP contribution in [-0.2, 0) is 11.8 Å². The van der Waals surface area contributed by atoms with Gasteiger partial charge in [-0.2, -0.15) is 0 Å². The van der Waals surface area contributed by atoms with Crippen molar-refractivity contribution in [2.45, 2.75) is 64.9 Å². The van der Waals surface area contributed by atoms with E-state index in [9.17, 15) is 4.79 Å². The first-order valence-corrected chi connectivity index (χ1v) is 11.2. The predicted octanol–water partition coefficient (Wildman–Crippen LogP) is 5.97. The van der Waals surface area contributed by atoms with E-state index in [1.54, 1.807) is 7.11 Å². The highest BCUT2D eigenvalue weighted by molar-refractivity contribution is 9.08. The first-order valence-electron chi connectivity index (χ1n) is 10.0. The quantitative estimate of drug-likeness (QED) is 0.408. The largest absolute Gasteiger partial charge is 0.496 e. The second-order valence-electron chi connectivity index (χ2n) is 8.38. The first-order chi connectivity index (χ1) is 13.6. The number of nitrogens with one attached hydrogen (secondary N) is 1. The standard InChI is InChI=1S/C24H33BrN2O2/c1-8-20-21(10-9-11-22(20)29-7)23(28)26-27(24(4,5)6)17(3)19-13-16(2)12-18(14-19)15-25/h9-14,17H,8,15H2,1-7H3,(H,26,28). The molecule has 1 unspecified atom stereocenters. The molecule has 0 radical (unpaired) electrons. The van der Waals surface area contributed by atoms with Crippen molar-refractivity contribution in [3.63, 3.8) is 0 Å². The van der Waals surface area contributed by atoms with Crippen LogP contribution in [0.15, 0.2) is 36.4 Å². The number of benzene rings is 2. The van der Waals surface area contributed by atoms with Gasteiger partial charge in [0.1, 0.15) is 5.75 Å². The van der Waals surface area contributed by atoms with Gasteiger partial charge in [0.2, 0.25) is 0 Å². The van der Waals surface area contributed by atoms with Crippen LogP contribution in [0.4, 0.5) is 0 Å². The van der Waals surface area contributed by atoms with Crippen LogP contribution in [0.3, 0.4) is 0 Å². The maximum atomic E-state index is 13.3. The van der Waals surface area contributed by atoms with E-state index in [0.717, 1.165) is 23.1 Å². The summed E-state index contributed by atoms with van der Waals surface area (Å²) >= 11 is 3.56. The number of alkyl halides is 1. The van der Waals surface area contributed by atoms with Gasteiger partial charge in [-0.1, -0.05) is 52.7 Å². The zero-order chi connectivity index (χ0) is 21.8. The van der Waals surface area contributed by atoms with Gasteiger partial charge in [0.15, 0.2) is 0 Å². The smallest absolute Gasteiger partial charge is 0.266 e. The summed E-state index contributed by atoms with van der Waals surface area (Å²) < 4.78 is 5.46. The number of ether oxygens (including phenoxy) is 1. The predicted molar refractivity (Wildman–Crippen MR) is 124 cm³/mol. The minimum atomic E-state index is -0.265. The third kappa shape index (κ3) is 5.61. The Hall–Kier alpha value is -1.85. The van der Waals surface area contributed by atoms with Crippen molar-refractivity contribution in [3.8, 4) is 5.75 Å². The number of carbonyl (C=O) groups excluding carboxylic acids is 1. The lowest BCUT2D eigenvalue weighted by atomic mass is 9.98. The molecule has 29 heavy (non-hydrogen) atoms. The molecule has 158 valence electrons. The van der Waals surface area contributed by atoms with E-state index >= 15 is 0 Å². The molecule has 5 heteroatoms. The molecule has 0 aliphatic rings. The van der Waals surface area contributed by atoms with Gasteiger partial charge in [0, 0.05) is 22.0 Å². The molecular formula is C24H33BrN2O2. The molecule has 1 amide bonds. The van der Waals surface area contributed by atoms with Crippen molar-refractivity contribution in [1.82, 2.24) is 10.4 Å². The Labute approximate surface area is 183 Å². The van der Waals surface area contributed by atoms with Crippen molar-refractivity contribution in [1.29, 1.82) is 0 Å². The molecule has 0 bridgehead atoms. The molecule has 0 aliphatic carbocycles. The number of amides is 1. The number of carbonyl (C=O) groups is 1. The lowest BCUT2D eigenvalue weighted by molar-refractivity contribution is 0.0258. The van der Waals surface area contributed by atoms with Crippen LogP contribution in [-0.4, -0.2) is 23.6 Å². The molecule has 0 aliphatic heterocycles. The lowest BCUT2D eigenvalue weighted by Crippen LogP contribution is -2.53. The highest BCUT2D eigenvalue weighted by Crippen LogP contribution is 2.29. The summed E-state index contributed by atoms with van der Waals surface area (Å²) in [6, 6.07) is 12.2. The van der Waals surface area contributed by atoms with E-state index in [1.807, 2.05) is 30.1 Å². The second-order valence-corrected chi connectivity index (χ2v) is 8.94. The molecule has 2 aromatic carbocycles. The van der Waals surface area contributed by atoms with Crippen molar-refractivity contribution in [2.24, 2.45) is 0 Å². The summed E-state index contributed by atoms with van der Waals surface area (Å²) in [4.78, 5) is 13.3. The molecule has 1 N–H and O–H groups in total. The van der Waals surface area contributed by atoms with Gasteiger partial charge in [-0.25, -0.2) is 5.01 Å².